The molecule has 1 fully saturated rings. The number of carboxylic acid groups (broad SMARTS) is 1. The van der Waals surface area contributed by atoms with E-state index in [1.165, 1.54) is 0 Å². The Kier molecular flexibility index (Phi) is 5.15. The Morgan fingerprint density at radius 1 is 1.41 bits per heavy atom. The van der Waals surface area contributed by atoms with E-state index in [9.17, 15) is 17.6 Å². The highest BCUT2D eigenvalue weighted by Crippen LogP contribution is 2.18. The van der Waals surface area contributed by atoms with Crippen LogP contribution in [0, 0.1) is 5.82 Å². The van der Waals surface area contributed by atoms with E-state index in [1.807, 2.05) is 0 Å². The van der Waals surface area contributed by atoms with Crippen LogP contribution in [0.4, 0.5) is 4.39 Å². The maximum absolute atomic E-state index is 13.3. The van der Waals surface area contributed by atoms with Gasteiger partial charge in [0.15, 0.2) is 0 Å². The van der Waals surface area contributed by atoms with E-state index in [0.717, 1.165) is 37.8 Å². The fourth-order valence-corrected chi connectivity index (χ4v) is 3.82. The largest absolute Gasteiger partial charge is 0.478 e. The molecule has 8 heteroatoms. The molecule has 6 nitrogen and oxygen atoms in total. The van der Waals surface area contributed by atoms with Crippen LogP contribution in [0.1, 0.15) is 30.1 Å². The lowest BCUT2D eigenvalue weighted by atomic mass is 10.1. The number of benzene rings is 1. The average molecular weight is 330 g/mol. The van der Waals surface area contributed by atoms with Crippen LogP contribution in [-0.4, -0.2) is 50.1 Å². The van der Waals surface area contributed by atoms with Gasteiger partial charge in [0.05, 0.1) is 10.5 Å². The summed E-state index contributed by atoms with van der Waals surface area (Å²) in [4.78, 5) is 12.9. The Hall–Kier alpha value is -1.51. The van der Waals surface area contributed by atoms with Gasteiger partial charge in [0.25, 0.3) is 0 Å². The van der Waals surface area contributed by atoms with Gasteiger partial charge in [0.1, 0.15) is 5.82 Å². The number of carbonyl (C=O) groups is 1. The highest BCUT2D eigenvalue weighted by molar-refractivity contribution is 7.89. The Bertz CT molecular complexity index is 655. The van der Waals surface area contributed by atoms with Gasteiger partial charge in [-0.3, -0.25) is 0 Å². The average Bonchev–Trinajstić information content (AvgIpc) is 2.47. The van der Waals surface area contributed by atoms with Gasteiger partial charge in [-0.1, -0.05) is 6.92 Å². The van der Waals surface area contributed by atoms with E-state index in [1.54, 1.807) is 0 Å². The van der Waals surface area contributed by atoms with Crippen LogP contribution in [0.3, 0.4) is 0 Å². The first-order chi connectivity index (χ1) is 10.3. The van der Waals surface area contributed by atoms with Crippen LogP contribution in [0.25, 0.3) is 0 Å². The molecular formula is C14H19FN2O4S. The lowest BCUT2D eigenvalue weighted by molar-refractivity contribution is 0.0691. The van der Waals surface area contributed by atoms with Crippen molar-refractivity contribution >= 4 is 16.0 Å². The van der Waals surface area contributed by atoms with Crippen molar-refractivity contribution in [2.75, 3.05) is 19.6 Å². The van der Waals surface area contributed by atoms with E-state index in [4.69, 9.17) is 5.11 Å². The second-order valence-electron chi connectivity index (χ2n) is 5.28. The topological polar surface area (TPSA) is 86.7 Å². The van der Waals surface area contributed by atoms with E-state index < -0.39 is 27.4 Å². The summed E-state index contributed by atoms with van der Waals surface area (Å²) in [7, 11) is -3.86. The van der Waals surface area contributed by atoms with Gasteiger partial charge in [0, 0.05) is 6.04 Å². The van der Waals surface area contributed by atoms with Crippen LogP contribution in [0.5, 0.6) is 0 Å². The number of piperidine rings is 1. The molecule has 0 atom stereocenters. The van der Waals surface area contributed by atoms with Gasteiger partial charge in [-0.05, 0) is 50.7 Å². The standard InChI is InChI=1S/C14H19FN2O4S/c1-2-17-7-5-10(6-8-17)16-22(20,21)11-3-4-13(15)12(9-11)14(18)19/h3-4,9-10,16H,2,5-8H2,1H3,(H,18,19). The highest BCUT2D eigenvalue weighted by atomic mass is 32.2. The smallest absolute Gasteiger partial charge is 0.338 e. The molecule has 22 heavy (non-hydrogen) atoms. The summed E-state index contributed by atoms with van der Waals surface area (Å²) in [6.45, 7) is 4.61. The fourth-order valence-electron chi connectivity index (χ4n) is 2.49. The van der Waals surface area contributed by atoms with Crippen molar-refractivity contribution in [1.82, 2.24) is 9.62 Å². The minimum atomic E-state index is -3.86. The summed E-state index contributed by atoms with van der Waals surface area (Å²) in [5.41, 5.74) is -0.649. The molecule has 0 spiro atoms. The third-order valence-corrected chi connectivity index (χ3v) is 5.35. The van der Waals surface area contributed by atoms with E-state index in [2.05, 4.69) is 16.5 Å². The highest BCUT2D eigenvalue weighted by Gasteiger charge is 2.25. The zero-order valence-corrected chi connectivity index (χ0v) is 13.1. The first-order valence-corrected chi connectivity index (χ1v) is 8.59. The number of likely N-dealkylation sites (tertiary alicyclic amines) is 1. The van der Waals surface area contributed by atoms with E-state index in [-0.39, 0.29) is 10.9 Å². The molecule has 122 valence electrons. The van der Waals surface area contributed by atoms with Crippen LogP contribution in [-0.2, 0) is 10.0 Å². The van der Waals surface area contributed by atoms with Crippen molar-refractivity contribution < 1.29 is 22.7 Å². The number of rotatable bonds is 5. The van der Waals surface area contributed by atoms with E-state index >= 15 is 0 Å². The van der Waals surface area contributed by atoms with Crippen LogP contribution >= 0.6 is 0 Å². The van der Waals surface area contributed by atoms with Gasteiger partial charge >= 0.3 is 5.97 Å². The van der Waals surface area contributed by atoms with Crippen molar-refractivity contribution in [2.45, 2.75) is 30.7 Å². The van der Waals surface area contributed by atoms with Crippen LogP contribution in [0.15, 0.2) is 23.1 Å². The van der Waals surface area contributed by atoms with Crippen molar-refractivity contribution in [3.05, 3.63) is 29.6 Å². The van der Waals surface area contributed by atoms with Crippen molar-refractivity contribution in [3.8, 4) is 0 Å². The molecule has 1 heterocycles. The molecule has 0 radical (unpaired) electrons. The summed E-state index contributed by atoms with van der Waals surface area (Å²) in [5.74, 6) is -2.45. The zero-order valence-electron chi connectivity index (χ0n) is 12.3. The minimum Gasteiger partial charge on any atom is -0.478 e. The molecule has 1 saturated heterocycles. The van der Waals surface area contributed by atoms with Gasteiger partial charge < -0.3 is 10.0 Å². The Labute approximate surface area is 129 Å². The zero-order chi connectivity index (χ0) is 16.3. The normalized spacial score (nSPS) is 17.5. The molecule has 2 N–H and O–H groups in total. The van der Waals surface area contributed by atoms with Gasteiger partial charge in [-0.2, -0.15) is 0 Å². The monoisotopic (exact) mass is 330 g/mol. The Balaban J connectivity index is 2.14. The predicted molar refractivity (Wildman–Crippen MR) is 78.8 cm³/mol. The molecule has 0 saturated carbocycles. The number of aromatic carboxylic acids is 1. The van der Waals surface area contributed by atoms with Crippen molar-refractivity contribution in [3.63, 3.8) is 0 Å². The maximum Gasteiger partial charge on any atom is 0.338 e. The lowest BCUT2D eigenvalue weighted by Gasteiger charge is -2.31. The molecule has 0 amide bonds. The molecule has 1 aliphatic heterocycles. The van der Waals surface area contributed by atoms with Crippen LogP contribution in [0.2, 0.25) is 0 Å². The van der Waals surface area contributed by atoms with Gasteiger partial charge in [0.2, 0.25) is 10.0 Å². The molecular weight excluding hydrogens is 311 g/mol. The van der Waals surface area contributed by atoms with Crippen molar-refractivity contribution in [1.29, 1.82) is 0 Å². The molecule has 1 aromatic carbocycles. The fraction of sp³-hybridized carbons (Fsp3) is 0.500. The number of nitrogens with one attached hydrogen (secondary N) is 1. The van der Waals surface area contributed by atoms with E-state index in [0.29, 0.717) is 12.8 Å². The number of sulfonamides is 1. The summed E-state index contributed by atoms with van der Waals surface area (Å²) in [5, 5.41) is 8.87. The molecule has 0 unspecified atom stereocenters. The van der Waals surface area contributed by atoms with Gasteiger partial charge in [-0.25, -0.2) is 22.3 Å². The minimum absolute atomic E-state index is 0.189. The molecule has 1 aromatic rings. The quantitative estimate of drug-likeness (QED) is 0.849. The molecule has 0 aliphatic carbocycles. The molecule has 2 rings (SSSR count). The molecule has 0 bridgehead atoms. The number of nitrogens with zero attached hydrogens (tertiary/aromatic N) is 1. The maximum atomic E-state index is 13.3. The summed E-state index contributed by atoms with van der Waals surface area (Å²) in [6, 6.07) is 2.59. The first kappa shape index (κ1) is 16.9. The number of hydrogen-bond acceptors (Lipinski definition) is 4. The first-order valence-electron chi connectivity index (χ1n) is 7.11. The Morgan fingerprint density at radius 3 is 2.59 bits per heavy atom. The number of hydrogen-bond donors (Lipinski definition) is 2. The Morgan fingerprint density at radius 2 is 2.05 bits per heavy atom. The second-order valence-corrected chi connectivity index (χ2v) is 6.99. The van der Waals surface area contributed by atoms with Crippen LogP contribution < -0.4 is 4.72 Å². The summed E-state index contributed by atoms with van der Waals surface area (Å²) in [6.07, 6.45) is 1.39. The molecule has 1 aliphatic rings. The third-order valence-electron chi connectivity index (χ3n) is 3.84. The summed E-state index contributed by atoms with van der Waals surface area (Å²) < 4.78 is 40.5. The SMILES string of the molecule is CCN1CCC(NS(=O)(=O)c2ccc(F)c(C(=O)O)c2)CC1. The second kappa shape index (κ2) is 6.72. The number of carboxylic acids is 1. The summed E-state index contributed by atoms with van der Waals surface area (Å²) >= 11 is 0. The molecule has 0 aromatic heterocycles. The number of halogens is 1. The predicted octanol–water partition coefficient (Wildman–Crippen LogP) is 1.29. The lowest BCUT2D eigenvalue weighted by Crippen LogP contribution is -2.44. The third kappa shape index (κ3) is 3.82. The van der Waals surface area contributed by atoms with Crippen molar-refractivity contribution in [2.24, 2.45) is 0 Å². The van der Waals surface area contributed by atoms with Gasteiger partial charge in [-0.15, -0.1) is 0 Å².